The molecular formula is C11H20N2. The summed E-state index contributed by atoms with van der Waals surface area (Å²) in [5, 5.41) is 0. The molecule has 0 bridgehead atoms. The largest absolute Gasteiger partial charge is 0.337 e. The smallest absolute Gasteiger partial charge is 0.0949 e. The third kappa shape index (κ3) is 1.93. The number of aromatic nitrogens is 2. The summed E-state index contributed by atoms with van der Waals surface area (Å²) in [7, 11) is 0. The van der Waals surface area contributed by atoms with Crippen molar-refractivity contribution >= 4 is 0 Å². The van der Waals surface area contributed by atoms with E-state index in [1.807, 2.05) is 34.6 Å². The summed E-state index contributed by atoms with van der Waals surface area (Å²) in [5.41, 5.74) is 1.56. The van der Waals surface area contributed by atoms with Crippen LogP contribution in [0.2, 0.25) is 0 Å². The van der Waals surface area contributed by atoms with Crippen molar-refractivity contribution in [3.63, 3.8) is 0 Å². The molecule has 0 aromatic carbocycles. The highest BCUT2D eigenvalue weighted by Crippen LogP contribution is 2.28. The first-order valence-electron chi connectivity index (χ1n) is 6.13. The van der Waals surface area contributed by atoms with Gasteiger partial charge in [-0.1, -0.05) is 34.6 Å². The molecule has 2 heteroatoms. The van der Waals surface area contributed by atoms with Crippen molar-refractivity contribution in [1.29, 1.82) is 0 Å². The average Bonchev–Trinajstić information content (AvgIpc) is 2.43. The molecule has 0 aliphatic rings. The zero-order valence-electron chi connectivity index (χ0n) is 12.0. The van der Waals surface area contributed by atoms with Gasteiger partial charge in [0, 0.05) is 22.2 Å². The molecule has 0 saturated carbocycles. The lowest BCUT2D eigenvalue weighted by molar-refractivity contribution is 0.554. The van der Waals surface area contributed by atoms with Crippen LogP contribution in [0.3, 0.4) is 0 Å². The van der Waals surface area contributed by atoms with E-state index in [1.54, 1.807) is 0 Å². The topological polar surface area (TPSA) is 17.8 Å². The first-order chi connectivity index (χ1) is 7.05. The molecule has 0 atom stereocenters. The van der Waals surface area contributed by atoms with Gasteiger partial charge in [-0.2, -0.15) is 0 Å². The van der Waals surface area contributed by atoms with Gasteiger partial charge in [0.15, 0.2) is 0 Å². The Labute approximate surface area is 85.2 Å². The molecule has 0 radical (unpaired) electrons. The molecule has 0 N–H and O–H groups in total. The van der Waals surface area contributed by atoms with E-state index in [2.05, 4.69) is 4.98 Å². The maximum atomic E-state index is 7.48. The van der Waals surface area contributed by atoms with Crippen molar-refractivity contribution < 1.29 is 4.11 Å². The second-order valence-electron chi connectivity index (χ2n) is 4.75. The van der Waals surface area contributed by atoms with Gasteiger partial charge in [0.1, 0.15) is 0 Å². The van der Waals surface area contributed by atoms with E-state index in [0.717, 1.165) is 11.4 Å². The van der Waals surface area contributed by atoms with Crippen LogP contribution in [0.5, 0.6) is 0 Å². The summed E-state index contributed by atoms with van der Waals surface area (Å²) in [5.74, 6) is 0.150. The van der Waals surface area contributed by atoms with Crippen LogP contribution in [0.4, 0.5) is 0 Å². The predicted octanol–water partition coefficient (Wildman–Crippen LogP) is 2.84. The third-order valence-corrected chi connectivity index (χ3v) is 2.06. The van der Waals surface area contributed by atoms with Crippen molar-refractivity contribution in [1.82, 2.24) is 9.55 Å². The van der Waals surface area contributed by atoms with Crippen molar-refractivity contribution in [3.8, 4) is 0 Å². The van der Waals surface area contributed by atoms with Gasteiger partial charge in [0.05, 0.1) is 12.0 Å². The normalized spacial score (nSPS) is 16.9. The van der Waals surface area contributed by atoms with Gasteiger partial charge in [-0.3, -0.25) is 0 Å². The van der Waals surface area contributed by atoms with E-state index in [4.69, 9.17) is 4.11 Å². The van der Waals surface area contributed by atoms with Crippen LogP contribution in [0.25, 0.3) is 0 Å². The number of hydrogen-bond acceptors (Lipinski definition) is 1. The molecule has 1 rings (SSSR count). The maximum Gasteiger partial charge on any atom is 0.0949 e. The lowest BCUT2D eigenvalue weighted by Crippen LogP contribution is -2.16. The van der Waals surface area contributed by atoms with Gasteiger partial charge in [-0.15, -0.1) is 0 Å². The monoisotopic (exact) mass is 183 g/mol. The lowest BCUT2D eigenvalue weighted by Gasteiger charge is -2.20. The summed E-state index contributed by atoms with van der Waals surface area (Å²) in [4.78, 5) is 4.28. The van der Waals surface area contributed by atoms with Crippen LogP contribution in [-0.4, -0.2) is 9.55 Å². The Morgan fingerprint density at radius 1 is 1.46 bits per heavy atom. The molecule has 0 spiro atoms. The molecule has 0 unspecified atom stereocenters. The fourth-order valence-electron chi connectivity index (χ4n) is 1.49. The first-order valence-corrected chi connectivity index (χ1v) is 4.63. The highest BCUT2D eigenvalue weighted by Gasteiger charge is 2.23. The fourth-order valence-corrected chi connectivity index (χ4v) is 1.49. The Hall–Kier alpha value is -0.790. The Bertz CT molecular complexity index is 338. The standard InChI is InChI=1S/C11H20N2/c1-8(2)9-10(11(3,4)5)12-7-13(9)6/h7-8H,1-6H3/i6D3. The third-order valence-electron chi connectivity index (χ3n) is 2.06. The second-order valence-corrected chi connectivity index (χ2v) is 4.75. The highest BCUT2D eigenvalue weighted by atomic mass is 15.0. The number of aryl methyl sites for hydroxylation is 1. The molecule has 1 aromatic heterocycles. The molecule has 13 heavy (non-hydrogen) atoms. The molecule has 1 heterocycles. The SMILES string of the molecule is [2H]C([2H])([2H])n1cnc(C(C)(C)C)c1C(C)C. The Morgan fingerprint density at radius 2 is 2.08 bits per heavy atom. The van der Waals surface area contributed by atoms with Gasteiger partial charge >= 0.3 is 0 Å². The van der Waals surface area contributed by atoms with E-state index in [-0.39, 0.29) is 11.3 Å². The van der Waals surface area contributed by atoms with Crippen molar-refractivity contribution in [3.05, 3.63) is 17.7 Å². The summed E-state index contributed by atoms with van der Waals surface area (Å²) < 4.78 is 23.8. The summed E-state index contributed by atoms with van der Waals surface area (Å²) in [6, 6.07) is 0. The number of rotatable bonds is 1. The zero-order chi connectivity index (χ0) is 12.7. The number of hydrogen-bond donors (Lipinski definition) is 0. The van der Waals surface area contributed by atoms with Crippen LogP contribution in [0.15, 0.2) is 6.33 Å². The molecule has 0 aliphatic heterocycles. The minimum atomic E-state index is -2.14. The van der Waals surface area contributed by atoms with Crippen molar-refractivity contribution in [2.45, 2.75) is 46.0 Å². The summed E-state index contributed by atoms with van der Waals surface area (Å²) in [6.45, 7) is 7.99. The van der Waals surface area contributed by atoms with Gasteiger partial charge in [-0.25, -0.2) is 4.98 Å². The lowest BCUT2D eigenvalue weighted by atomic mass is 9.88. The van der Waals surface area contributed by atoms with Crippen LogP contribution in [0, 0.1) is 0 Å². The average molecular weight is 183 g/mol. The van der Waals surface area contributed by atoms with E-state index in [1.165, 1.54) is 10.9 Å². The molecule has 2 nitrogen and oxygen atoms in total. The molecule has 0 aliphatic carbocycles. The molecule has 0 saturated heterocycles. The quantitative estimate of drug-likeness (QED) is 0.654. The first kappa shape index (κ1) is 6.63. The van der Waals surface area contributed by atoms with Gasteiger partial charge < -0.3 is 4.57 Å². The molecule has 74 valence electrons. The van der Waals surface area contributed by atoms with Gasteiger partial charge in [-0.05, 0) is 5.92 Å². The van der Waals surface area contributed by atoms with E-state index in [9.17, 15) is 0 Å². The maximum absolute atomic E-state index is 7.48. The molecule has 1 aromatic rings. The van der Waals surface area contributed by atoms with Crippen LogP contribution in [0.1, 0.15) is 56.0 Å². The Kier molecular flexibility index (Phi) is 1.62. The number of imidazole rings is 1. The highest BCUT2D eigenvalue weighted by molar-refractivity contribution is 5.23. The van der Waals surface area contributed by atoms with E-state index >= 15 is 0 Å². The molecule has 0 fully saturated rings. The fraction of sp³-hybridized carbons (Fsp3) is 0.727. The zero-order valence-corrected chi connectivity index (χ0v) is 9.05. The predicted molar refractivity (Wildman–Crippen MR) is 56.0 cm³/mol. The van der Waals surface area contributed by atoms with Crippen molar-refractivity contribution in [2.75, 3.05) is 0 Å². The molecular weight excluding hydrogens is 160 g/mol. The minimum Gasteiger partial charge on any atom is -0.337 e. The summed E-state index contributed by atoms with van der Waals surface area (Å²) >= 11 is 0. The number of nitrogens with zero attached hydrogens (tertiary/aromatic N) is 2. The second kappa shape index (κ2) is 3.17. The van der Waals surface area contributed by atoms with Crippen LogP contribution in [-0.2, 0) is 12.4 Å². The summed E-state index contributed by atoms with van der Waals surface area (Å²) in [6.07, 6.45) is 1.43. The van der Waals surface area contributed by atoms with Crippen LogP contribution < -0.4 is 0 Å². The van der Waals surface area contributed by atoms with Crippen LogP contribution >= 0.6 is 0 Å². The van der Waals surface area contributed by atoms with Crippen molar-refractivity contribution in [2.24, 2.45) is 6.98 Å². The Morgan fingerprint density at radius 3 is 2.46 bits per heavy atom. The minimum absolute atomic E-state index is 0.129. The molecule has 0 amide bonds. The Balaban J connectivity index is 3.41. The van der Waals surface area contributed by atoms with E-state index in [0.29, 0.717) is 0 Å². The van der Waals surface area contributed by atoms with E-state index < -0.39 is 6.98 Å². The van der Waals surface area contributed by atoms with Gasteiger partial charge in [0.2, 0.25) is 0 Å². The van der Waals surface area contributed by atoms with Gasteiger partial charge in [0.25, 0.3) is 0 Å².